The second kappa shape index (κ2) is 18.2. The molecule has 7 nitrogen and oxygen atoms in total. The lowest BCUT2D eigenvalue weighted by Crippen LogP contribution is -2.55. The van der Waals surface area contributed by atoms with Crippen molar-refractivity contribution in [2.75, 3.05) is 19.7 Å². The molecule has 2 saturated carbocycles. The van der Waals surface area contributed by atoms with E-state index in [9.17, 15) is 19.8 Å². The Morgan fingerprint density at radius 3 is 2.43 bits per heavy atom. The van der Waals surface area contributed by atoms with E-state index in [2.05, 4.69) is 65.0 Å². The van der Waals surface area contributed by atoms with Gasteiger partial charge in [0, 0.05) is 23.1 Å². The first kappa shape index (κ1) is 42.3. The average Bonchev–Trinajstić information content (AvgIpc) is 3.81. The molecule has 2 bridgehead atoms. The topological polar surface area (TPSA) is 96.3 Å². The van der Waals surface area contributed by atoms with Crippen LogP contribution < -0.4 is 0 Å². The van der Waals surface area contributed by atoms with E-state index in [0.717, 1.165) is 67.2 Å². The van der Waals surface area contributed by atoms with Crippen LogP contribution in [0.25, 0.3) is 11.1 Å². The van der Waals surface area contributed by atoms with Crippen molar-refractivity contribution in [1.82, 2.24) is 4.90 Å². The van der Waals surface area contributed by atoms with E-state index in [1.54, 1.807) is 4.90 Å². The third-order valence-electron chi connectivity index (χ3n) is 14.5. The third kappa shape index (κ3) is 9.32. The molecule has 4 aliphatic carbocycles. The van der Waals surface area contributed by atoms with E-state index in [0.29, 0.717) is 74.1 Å². The molecule has 0 radical (unpaired) electrons. The maximum Gasteiger partial charge on any atom is 0.410 e. The van der Waals surface area contributed by atoms with Gasteiger partial charge in [0.25, 0.3) is 0 Å². The first-order chi connectivity index (χ1) is 27.8. The molecule has 3 aromatic rings. The SMILES string of the molecule is CC1=CCC[C@@]2(C)[C@@H](CC[C@@]2(O)CN(C[C@H]2CCCO2)C(=O)O[C@H]2C[C@@H](C)CC[C@@H]2C(C)C)c2ccc(cc2C(=O)c2ccc(-c3ccccc3)cc2)C[C@@H](O)CC1. The first-order valence-electron chi connectivity index (χ1n) is 22.3. The Hall–Kier alpha value is -3.78. The number of ketones is 1. The van der Waals surface area contributed by atoms with Crippen LogP contribution in [0, 0.1) is 23.2 Å². The van der Waals surface area contributed by atoms with Gasteiger partial charge in [-0.1, -0.05) is 112 Å². The maximum atomic E-state index is 14.7. The number of nitrogens with zero attached hydrogens (tertiary/aromatic N) is 1. The highest BCUT2D eigenvalue weighted by atomic mass is 16.6. The molecule has 1 saturated heterocycles. The fourth-order valence-electron chi connectivity index (χ4n) is 10.8. The molecule has 7 heteroatoms. The summed E-state index contributed by atoms with van der Waals surface area (Å²) in [5.74, 6) is 1.00. The molecule has 8 rings (SSSR count). The first-order valence-corrected chi connectivity index (χ1v) is 22.3. The highest BCUT2D eigenvalue weighted by molar-refractivity contribution is 6.10. The Bertz CT molecular complexity index is 1900. The molecule has 8 atom stereocenters. The number of amides is 1. The van der Waals surface area contributed by atoms with Crippen LogP contribution in [0.4, 0.5) is 4.79 Å². The Labute approximate surface area is 347 Å². The van der Waals surface area contributed by atoms with Gasteiger partial charge in [-0.3, -0.25) is 4.79 Å². The van der Waals surface area contributed by atoms with Crippen molar-refractivity contribution in [2.24, 2.45) is 23.2 Å². The van der Waals surface area contributed by atoms with Crippen molar-refractivity contribution in [1.29, 1.82) is 0 Å². The number of hydrogen-bond acceptors (Lipinski definition) is 6. The number of ether oxygens (including phenoxy) is 2. The van der Waals surface area contributed by atoms with Crippen molar-refractivity contribution >= 4 is 11.9 Å². The molecular weight excluding hydrogens is 723 g/mol. The summed E-state index contributed by atoms with van der Waals surface area (Å²) >= 11 is 0. The van der Waals surface area contributed by atoms with Crippen LogP contribution in [0.3, 0.4) is 0 Å². The van der Waals surface area contributed by atoms with Gasteiger partial charge in [-0.25, -0.2) is 4.79 Å². The summed E-state index contributed by atoms with van der Waals surface area (Å²) in [6.07, 6.45) is 10.5. The predicted octanol–water partition coefficient (Wildman–Crippen LogP) is 10.7. The lowest BCUT2D eigenvalue weighted by molar-refractivity contribution is -0.0908. The zero-order chi connectivity index (χ0) is 41.0. The molecular formula is C51H67NO6. The maximum absolute atomic E-state index is 14.7. The summed E-state index contributed by atoms with van der Waals surface area (Å²) in [7, 11) is 0. The molecule has 58 heavy (non-hydrogen) atoms. The molecule has 2 N–H and O–H groups in total. The number of carbonyl (C=O) groups excluding carboxylic acids is 2. The van der Waals surface area contributed by atoms with E-state index in [1.807, 2.05) is 48.5 Å². The summed E-state index contributed by atoms with van der Waals surface area (Å²) in [5, 5.41) is 24.3. The van der Waals surface area contributed by atoms with Crippen LogP contribution in [-0.2, 0) is 15.9 Å². The monoisotopic (exact) mass is 789 g/mol. The van der Waals surface area contributed by atoms with E-state index < -0.39 is 17.1 Å². The zero-order valence-corrected chi connectivity index (χ0v) is 35.6. The van der Waals surface area contributed by atoms with Gasteiger partial charge in [0.1, 0.15) is 6.10 Å². The summed E-state index contributed by atoms with van der Waals surface area (Å²) in [5.41, 5.74) is 4.52. The Balaban J connectivity index is 1.24. The van der Waals surface area contributed by atoms with Crippen molar-refractivity contribution in [2.45, 2.75) is 141 Å². The Morgan fingerprint density at radius 2 is 1.71 bits per heavy atom. The summed E-state index contributed by atoms with van der Waals surface area (Å²) in [6.45, 7) is 12.2. The van der Waals surface area contributed by atoms with E-state index in [4.69, 9.17) is 9.47 Å². The number of fused-ring (bicyclic) bond motifs is 8. The largest absolute Gasteiger partial charge is 0.446 e. The lowest BCUT2D eigenvalue weighted by atomic mass is 9.64. The number of carbonyl (C=O) groups is 2. The molecule has 312 valence electrons. The second-order valence-electron chi connectivity index (χ2n) is 19.0. The Morgan fingerprint density at radius 1 is 0.948 bits per heavy atom. The third-order valence-corrected chi connectivity index (χ3v) is 14.5. The van der Waals surface area contributed by atoms with Gasteiger partial charge in [-0.15, -0.1) is 0 Å². The highest BCUT2D eigenvalue weighted by Crippen LogP contribution is 2.59. The van der Waals surface area contributed by atoms with Gasteiger partial charge < -0.3 is 24.6 Å². The molecule has 5 aliphatic rings. The fraction of sp³-hybridized carbons (Fsp3) is 0.569. The number of aliphatic hydroxyl groups is 2. The minimum absolute atomic E-state index is 0.0587. The summed E-state index contributed by atoms with van der Waals surface area (Å²) in [6, 6.07) is 24.2. The van der Waals surface area contributed by atoms with Crippen LogP contribution >= 0.6 is 0 Å². The zero-order valence-electron chi connectivity index (χ0n) is 35.6. The predicted molar refractivity (Wildman–Crippen MR) is 231 cm³/mol. The Kier molecular flexibility index (Phi) is 13.3. The molecule has 3 aromatic carbocycles. The molecule has 1 amide bonds. The van der Waals surface area contributed by atoms with Crippen LogP contribution in [-0.4, -0.2) is 70.6 Å². The van der Waals surface area contributed by atoms with E-state index in [1.165, 1.54) is 5.57 Å². The minimum Gasteiger partial charge on any atom is -0.446 e. The lowest BCUT2D eigenvalue weighted by Gasteiger charge is -2.46. The van der Waals surface area contributed by atoms with Crippen molar-refractivity contribution < 1.29 is 29.3 Å². The van der Waals surface area contributed by atoms with Gasteiger partial charge >= 0.3 is 6.09 Å². The van der Waals surface area contributed by atoms with E-state index in [-0.39, 0.29) is 36.5 Å². The van der Waals surface area contributed by atoms with E-state index >= 15 is 0 Å². The second-order valence-corrected chi connectivity index (χ2v) is 19.0. The van der Waals surface area contributed by atoms with Gasteiger partial charge in [-0.2, -0.15) is 0 Å². The van der Waals surface area contributed by atoms with Crippen LogP contribution in [0.1, 0.15) is 138 Å². The molecule has 3 fully saturated rings. The fourth-order valence-corrected chi connectivity index (χ4v) is 10.8. The summed E-state index contributed by atoms with van der Waals surface area (Å²) in [4.78, 5) is 31.0. The number of aliphatic hydroxyl groups excluding tert-OH is 1. The van der Waals surface area contributed by atoms with Crippen LogP contribution in [0.2, 0.25) is 0 Å². The van der Waals surface area contributed by atoms with Gasteiger partial charge in [0.2, 0.25) is 0 Å². The number of rotatable bonds is 9. The summed E-state index contributed by atoms with van der Waals surface area (Å²) < 4.78 is 12.6. The van der Waals surface area contributed by atoms with Crippen LogP contribution in [0.5, 0.6) is 0 Å². The standard InChI is InChI=1S/C51H67NO6/c1-34(2)43-23-16-36(4)29-47(43)58-49(55)52(32-42-14-10-28-57-42)33-51(56)27-25-46-44-24-17-37(30-41(53)22-15-35(3)11-9-26-50(46,51)5)31-45(44)48(54)40-20-18-39(19-21-40)38-12-7-6-8-13-38/h6-8,11-13,17-21,24,31,34,36,41-43,46-47,53,56H,9-10,14-16,22-23,25-30,32-33H2,1-5H3/t36-,41-,42+,43+,46-,47-,50-,51+/m0/s1. The highest BCUT2D eigenvalue weighted by Gasteiger charge is 2.58. The van der Waals surface area contributed by atoms with Crippen molar-refractivity contribution in [3.8, 4) is 11.1 Å². The molecule has 1 aliphatic heterocycles. The van der Waals surface area contributed by atoms with Gasteiger partial charge in [0.15, 0.2) is 5.78 Å². The molecule has 0 spiro atoms. The average molecular weight is 790 g/mol. The normalized spacial score (nSPS) is 30.4. The molecule has 0 unspecified atom stereocenters. The van der Waals surface area contributed by atoms with Gasteiger partial charge in [0.05, 0.1) is 30.9 Å². The quantitative estimate of drug-likeness (QED) is 0.166. The number of benzene rings is 3. The van der Waals surface area contributed by atoms with Crippen LogP contribution in [0.15, 0.2) is 84.4 Å². The molecule has 0 aromatic heterocycles. The van der Waals surface area contributed by atoms with Crippen molar-refractivity contribution in [3.05, 3.63) is 107 Å². The molecule has 1 heterocycles. The van der Waals surface area contributed by atoms with Crippen molar-refractivity contribution in [3.63, 3.8) is 0 Å². The number of allylic oxidation sites excluding steroid dienone is 2. The smallest absolute Gasteiger partial charge is 0.410 e. The number of hydrogen-bond donors (Lipinski definition) is 2. The van der Waals surface area contributed by atoms with Gasteiger partial charge in [-0.05, 0) is 130 Å². The minimum atomic E-state index is -1.25.